The summed E-state index contributed by atoms with van der Waals surface area (Å²) in [5.41, 5.74) is 0.509. The zero-order chi connectivity index (χ0) is 18.5. The molecule has 0 spiro atoms. The predicted molar refractivity (Wildman–Crippen MR) is 97.3 cm³/mol. The zero-order valence-corrected chi connectivity index (χ0v) is 17.3. The standard InChI is InChI=1S/C16H26BrO6P/c1-10(2)22-24(19,23-11(3)4)16(17)15(18)12-7-8-13(20-5)14(9-12)21-6/h7-11,15-16,18H,1-6H3/t15-,16-/m1/s1. The van der Waals surface area contributed by atoms with Crippen LogP contribution in [0.25, 0.3) is 0 Å². The molecule has 0 aromatic heterocycles. The van der Waals surface area contributed by atoms with Crippen molar-refractivity contribution in [1.82, 2.24) is 0 Å². The molecule has 0 aliphatic heterocycles. The van der Waals surface area contributed by atoms with Crippen LogP contribution in [0.2, 0.25) is 0 Å². The van der Waals surface area contributed by atoms with Crippen molar-refractivity contribution >= 4 is 23.5 Å². The number of aliphatic hydroxyl groups excluding tert-OH is 1. The van der Waals surface area contributed by atoms with Gasteiger partial charge in [0.2, 0.25) is 0 Å². The average Bonchev–Trinajstić information content (AvgIpc) is 2.51. The van der Waals surface area contributed by atoms with Crippen molar-refractivity contribution in [3.05, 3.63) is 23.8 Å². The largest absolute Gasteiger partial charge is 0.493 e. The van der Waals surface area contributed by atoms with Crippen LogP contribution < -0.4 is 9.47 Å². The lowest BCUT2D eigenvalue weighted by Gasteiger charge is -2.29. The van der Waals surface area contributed by atoms with Gasteiger partial charge in [0.1, 0.15) is 10.7 Å². The molecule has 1 aromatic rings. The normalized spacial score (nSPS) is 14.8. The van der Waals surface area contributed by atoms with Gasteiger partial charge < -0.3 is 23.6 Å². The van der Waals surface area contributed by atoms with Crippen molar-refractivity contribution in [1.29, 1.82) is 0 Å². The average molecular weight is 425 g/mol. The topological polar surface area (TPSA) is 74.2 Å². The fourth-order valence-corrected chi connectivity index (χ4v) is 4.96. The molecule has 0 aliphatic carbocycles. The number of benzene rings is 1. The number of alkyl halides is 1. The molecule has 1 rings (SSSR count). The Morgan fingerprint density at radius 2 is 1.50 bits per heavy atom. The summed E-state index contributed by atoms with van der Waals surface area (Å²) in [5.74, 6) is 1.01. The van der Waals surface area contributed by atoms with Gasteiger partial charge in [-0.05, 0) is 45.4 Å². The summed E-state index contributed by atoms with van der Waals surface area (Å²) in [7, 11) is -0.554. The van der Waals surface area contributed by atoms with E-state index < -0.39 is 18.3 Å². The highest BCUT2D eigenvalue weighted by Crippen LogP contribution is 2.61. The molecule has 138 valence electrons. The minimum Gasteiger partial charge on any atom is -0.493 e. The molecule has 0 saturated carbocycles. The Morgan fingerprint density at radius 1 is 1.00 bits per heavy atom. The minimum absolute atomic E-state index is 0.313. The predicted octanol–water partition coefficient (Wildman–Crippen LogP) is 4.50. The van der Waals surface area contributed by atoms with Gasteiger partial charge in [-0.3, -0.25) is 4.57 Å². The van der Waals surface area contributed by atoms with Crippen LogP contribution in [0.5, 0.6) is 11.5 Å². The van der Waals surface area contributed by atoms with Crippen LogP contribution in [0, 0.1) is 0 Å². The number of hydrogen-bond acceptors (Lipinski definition) is 6. The number of aliphatic hydroxyl groups is 1. The van der Waals surface area contributed by atoms with Gasteiger partial charge in [-0.25, -0.2) is 0 Å². The van der Waals surface area contributed by atoms with Gasteiger partial charge >= 0.3 is 7.60 Å². The van der Waals surface area contributed by atoms with Crippen LogP contribution in [0.3, 0.4) is 0 Å². The van der Waals surface area contributed by atoms with Gasteiger partial charge in [-0.1, -0.05) is 22.0 Å². The van der Waals surface area contributed by atoms with E-state index in [1.807, 2.05) is 0 Å². The molecule has 0 bridgehead atoms. The first kappa shape index (κ1) is 21.5. The molecule has 0 radical (unpaired) electrons. The van der Waals surface area contributed by atoms with Crippen molar-refractivity contribution in [2.75, 3.05) is 14.2 Å². The molecule has 1 aromatic carbocycles. The maximum Gasteiger partial charge on any atom is 0.347 e. The highest BCUT2D eigenvalue weighted by atomic mass is 79.9. The van der Waals surface area contributed by atoms with E-state index in [9.17, 15) is 9.67 Å². The van der Waals surface area contributed by atoms with Crippen LogP contribution in [-0.2, 0) is 13.6 Å². The molecular formula is C16H26BrO6P. The molecule has 0 amide bonds. The number of halogens is 1. The third-order valence-corrected chi connectivity index (χ3v) is 7.35. The first-order chi connectivity index (χ1) is 11.1. The third-order valence-electron chi connectivity index (χ3n) is 3.03. The Hall–Kier alpha value is -0.590. The minimum atomic E-state index is -3.59. The molecule has 24 heavy (non-hydrogen) atoms. The molecule has 2 atom stereocenters. The van der Waals surface area contributed by atoms with E-state index in [-0.39, 0.29) is 12.2 Å². The van der Waals surface area contributed by atoms with E-state index in [2.05, 4.69) is 15.9 Å². The van der Waals surface area contributed by atoms with Gasteiger partial charge in [0.15, 0.2) is 11.5 Å². The van der Waals surface area contributed by atoms with E-state index >= 15 is 0 Å². The Morgan fingerprint density at radius 3 is 1.92 bits per heavy atom. The Balaban J connectivity index is 3.14. The number of rotatable bonds is 9. The Kier molecular flexibility index (Phi) is 8.23. The molecular weight excluding hydrogens is 399 g/mol. The lowest BCUT2D eigenvalue weighted by molar-refractivity contribution is 0.122. The smallest absolute Gasteiger partial charge is 0.347 e. The second-order valence-corrected chi connectivity index (χ2v) is 9.53. The highest BCUT2D eigenvalue weighted by Gasteiger charge is 2.41. The van der Waals surface area contributed by atoms with Gasteiger partial charge in [0.25, 0.3) is 0 Å². The van der Waals surface area contributed by atoms with Gasteiger partial charge in [0.05, 0.1) is 26.4 Å². The molecule has 0 heterocycles. The van der Waals surface area contributed by atoms with E-state index in [0.717, 1.165) is 0 Å². The van der Waals surface area contributed by atoms with Crippen molar-refractivity contribution in [2.45, 2.75) is 50.6 Å². The van der Waals surface area contributed by atoms with Crippen LogP contribution >= 0.6 is 23.5 Å². The summed E-state index contributed by atoms with van der Waals surface area (Å²) < 4.78 is 33.7. The Bertz CT molecular complexity index is 564. The molecule has 0 fully saturated rings. The van der Waals surface area contributed by atoms with Crippen molar-refractivity contribution in [2.24, 2.45) is 0 Å². The maximum absolute atomic E-state index is 13.1. The third kappa shape index (κ3) is 5.46. The molecule has 0 aliphatic rings. The monoisotopic (exact) mass is 424 g/mol. The van der Waals surface area contributed by atoms with Crippen LogP contribution in [0.4, 0.5) is 0 Å². The number of hydrogen-bond donors (Lipinski definition) is 1. The SMILES string of the molecule is COc1ccc([C@@H](O)[C@H](Br)P(=O)(OC(C)C)OC(C)C)cc1OC. The van der Waals surface area contributed by atoms with Crippen LogP contribution in [-0.4, -0.2) is 36.1 Å². The summed E-state index contributed by atoms with van der Waals surface area (Å²) in [6.45, 7) is 7.05. The molecule has 0 unspecified atom stereocenters. The number of methoxy groups -OCH3 is 2. The molecule has 6 nitrogen and oxygen atoms in total. The van der Waals surface area contributed by atoms with Crippen molar-refractivity contribution < 1.29 is 28.2 Å². The molecule has 0 saturated heterocycles. The van der Waals surface area contributed by atoms with Gasteiger partial charge in [-0.15, -0.1) is 0 Å². The second kappa shape index (κ2) is 9.20. The van der Waals surface area contributed by atoms with Crippen molar-refractivity contribution in [3.8, 4) is 11.5 Å². The summed E-state index contributed by atoms with van der Waals surface area (Å²) >= 11 is 3.31. The second-order valence-electron chi connectivity index (χ2n) is 5.78. The fraction of sp³-hybridized carbons (Fsp3) is 0.625. The summed E-state index contributed by atoms with van der Waals surface area (Å²) in [6, 6.07) is 4.98. The van der Waals surface area contributed by atoms with Crippen LogP contribution in [0.1, 0.15) is 39.4 Å². The number of ether oxygens (including phenoxy) is 2. The fourth-order valence-electron chi connectivity index (χ4n) is 2.10. The zero-order valence-electron chi connectivity index (χ0n) is 14.9. The quantitative estimate of drug-likeness (QED) is 0.464. The van der Waals surface area contributed by atoms with E-state index in [1.54, 1.807) is 45.9 Å². The first-order valence-electron chi connectivity index (χ1n) is 7.65. The summed E-state index contributed by atoms with van der Waals surface area (Å²) in [6.07, 6.45) is -1.74. The van der Waals surface area contributed by atoms with Crippen molar-refractivity contribution in [3.63, 3.8) is 0 Å². The maximum atomic E-state index is 13.1. The summed E-state index contributed by atoms with van der Waals surface area (Å²) in [5, 5.41) is 10.7. The Labute approximate surface area is 152 Å². The van der Waals surface area contributed by atoms with E-state index in [1.165, 1.54) is 14.2 Å². The highest BCUT2D eigenvalue weighted by molar-refractivity contribution is 9.10. The first-order valence-corrected chi connectivity index (χ1v) is 10.2. The molecule has 8 heteroatoms. The van der Waals surface area contributed by atoms with E-state index in [4.69, 9.17) is 18.5 Å². The van der Waals surface area contributed by atoms with E-state index in [0.29, 0.717) is 17.1 Å². The summed E-state index contributed by atoms with van der Waals surface area (Å²) in [4.78, 5) is 0. The molecule has 1 N–H and O–H groups in total. The van der Waals surface area contributed by atoms with Gasteiger partial charge in [0, 0.05) is 0 Å². The lowest BCUT2D eigenvalue weighted by atomic mass is 10.1. The lowest BCUT2D eigenvalue weighted by Crippen LogP contribution is -2.20. The van der Waals surface area contributed by atoms with Crippen LogP contribution in [0.15, 0.2) is 18.2 Å². The van der Waals surface area contributed by atoms with Gasteiger partial charge in [-0.2, -0.15) is 0 Å².